The number of nitrogens with two attached hydrogens (primary N) is 1. The highest BCUT2D eigenvalue weighted by Gasteiger charge is 2.17. The van der Waals surface area contributed by atoms with E-state index in [9.17, 15) is 9.59 Å². The Kier molecular flexibility index (Phi) is 3.08. The van der Waals surface area contributed by atoms with E-state index in [-0.39, 0.29) is 17.8 Å². The van der Waals surface area contributed by atoms with Gasteiger partial charge in [-0.3, -0.25) is 13.9 Å². The standard InChI is InChI=1S/C11H17N5O2/c1-4-5-16-7(6-12)13-8-9(16)14(2)11(18)15(3)10(8)17/h4-6,12H2,1-3H3. The molecule has 2 aromatic heterocycles. The Labute approximate surface area is 103 Å². The summed E-state index contributed by atoms with van der Waals surface area (Å²) in [5.41, 5.74) is 5.76. The number of hydrogen-bond acceptors (Lipinski definition) is 4. The minimum Gasteiger partial charge on any atom is -0.324 e. The first-order chi connectivity index (χ1) is 8.52. The summed E-state index contributed by atoms with van der Waals surface area (Å²) >= 11 is 0. The Bertz CT molecular complexity index is 707. The third-order valence-electron chi connectivity index (χ3n) is 3.05. The fourth-order valence-electron chi connectivity index (χ4n) is 2.15. The van der Waals surface area contributed by atoms with Crippen LogP contribution in [0.3, 0.4) is 0 Å². The summed E-state index contributed by atoms with van der Waals surface area (Å²) in [4.78, 5) is 28.2. The summed E-state index contributed by atoms with van der Waals surface area (Å²) in [5, 5.41) is 0. The van der Waals surface area contributed by atoms with Crippen molar-refractivity contribution in [2.24, 2.45) is 19.8 Å². The van der Waals surface area contributed by atoms with Crippen LogP contribution < -0.4 is 17.0 Å². The molecule has 18 heavy (non-hydrogen) atoms. The fourth-order valence-corrected chi connectivity index (χ4v) is 2.15. The number of hydrogen-bond donors (Lipinski definition) is 1. The van der Waals surface area contributed by atoms with Crippen LogP contribution in [0, 0.1) is 0 Å². The smallest absolute Gasteiger partial charge is 0.324 e. The molecule has 0 aliphatic heterocycles. The third kappa shape index (κ3) is 1.59. The largest absolute Gasteiger partial charge is 0.332 e. The van der Waals surface area contributed by atoms with E-state index in [4.69, 9.17) is 5.73 Å². The molecule has 0 spiro atoms. The quantitative estimate of drug-likeness (QED) is 0.781. The van der Waals surface area contributed by atoms with Crippen molar-refractivity contribution in [2.75, 3.05) is 0 Å². The molecule has 0 amide bonds. The summed E-state index contributed by atoms with van der Waals surface area (Å²) in [5.74, 6) is 0.630. The van der Waals surface area contributed by atoms with E-state index in [0.29, 0.717) is 23.5 Å². The lowest BCUT2D eigenvalue weighted by Gasteiger charge is -2.09. The molecule has 98 valence electrons. The van der Waals surface area contributed by atoms with Crippen molar-refractivity contribution in [3.63, 3.8) is 0 Å². The van der Waals surface area contributed by atoms with Gasteiger partial charge in [-0.05, 0) is 6.42 Å². The number of aryl methyl sites for hydroxylation is 2. The van der Waals surface area contributed by atoms with Crippen molar-refractivity contribution in [3.05, 3.63) is 26.7 Å². The number of imidazole rings is 1. The van der Waals surface area contributed by atoms with Gasteiger partial charge in [0.15, 0.2) is 5.52 Å². The van der Waals surface area contributed by atoms with Gasteiger partial charge in [-0.1, -0.05) is 6.92 Å². The highest BCUT2D eigenvalue weighted by atomic mass is 16.2. The first-order valence-corrected chi connectivity index (χ1v) is 5.88. The second-order valence-corrected chi connectivity index (χ2v) is 4.26. The fraction of sp³-hybridized carbons (Fsp3) is 0.545. The van der Waals surface area contributed by atoms with Gasteiger partial charge in [-0.25, -0.2) is 9.78 Å². The zero-order valence-corrected chi connectivity index (χ0v) is 10.8. The van der Waals surface area contributed by atoms with Crippen LogP contribution in [0.4, 0.5) is 0 Å². The van der Waals surface area contributed by atoms with Crippen molar-refractivity contribution in [3.8, 4) is 0 Å². The molecule has 2 rings (SSSR count). The minimum atomic E-state index is -0.377. The van der Waals surface area contributed by atoms with Crippen LogP contribution in [0.1, 0.15) is 19.2 Å². The molecule has 2 heterocycles. The summed E-state index contributed by atoms with van der Waals surface area (Å²) in [6.45, 7) is 2.95. The van der Waals surface area contributed by atoms with E-state index >= 15 is 0 Å². The lowest BCUT2D eigenvalue weighted by molar-refractivity contribution is 0.627. The zero-order valence-electron chi connectivity index (χ0n) is 10.8. The van der Waals surface area contributed by atoms with Crippen LogP contribution in [0.2, 0.25) is 0 Å². The Morgan fingerprint density at radius 3 is 2.44 bits per heavy atom. The second-order valence-electron chi connectivity index (χ2n) is 4.26. The molecule has 7 heteroatoms. The van der Waals surface area contributed by atoms with Gasteiger partial charge in [-0.2, -0.15) is 0 Å². The van der Waals surface area contributed by atoms with E-state index in [2.05, 4.69) is 4.98 Å². The molecule has 0 radical (unpaired) electrons. The first kappa shape index (κ1) is 12.6. The number of aromatic nitrogens is 4. The van der Waals surface area contributed by atoms with Crippen LogP contribution in [-0.4, -0.2) is 18.7 Å². The maximum absolute atomic E-state index is 12.0. The highest BCUT2D eigenvalue weighted by molar-refractivity contribution is 5.70. The number of fused-ring (bicyclic) bond motifs is 1. The van der Waals surface area contributed by atoms with Crippen molar-refractivity contribution < 1.29 is 0 Å². The maximum atomic E-state index is 12.0. The van der Waals surface area contributed by atoms with Gasteiger partial charge >= 0.3 is 5.69 Å². The first-order valence-electron chi connectivity index (χ1n) is 5.88. The van der Waals surface area contributed by atoms with Crippen LogP contribution in [0.25, 0.3) is 11.2 Å². The molecule has 0 saturated carbocycles. The Balaban J connectivity index is 3.00. The molecule has 0 aromatic carbocycles. The normalized spacial score (nSPS) is 11.3. The van der Waals surface area contributed by atoms with Gasteiger partial charge in [0.05, 0.1) is 6.54 Å². The molecular weight excluding hydrogens is 234 g/mol. The molecule has 0 bridgehead atoms. The summed E-state index contributed by atoms with van der Waals surface area (Å²) in [6.07, 6.45) is 0.877. The average molecular weight is 251 g/mol. The van der Waals surface area contributed by atoms with Crippen LogP contribution in [0.15, 0.2) is 9.59 Å². The molecule has 2 N–H and O–H groups in total. The van der Waals surface area contributed by atoms with Crippen LogP contribution in [0.5, 0.6) is 0 Å². The third-order valence-corrected chi connectivity index (χ3v) is 3.05. The monoisotopic (exact) mass is 251 g/mol. The lowest BCUT2D eigenvalue weighted by atomic mass is 10.4. The van der Waals surface area contributed by atoms with Gasteiger partial charge in [0.25, 0.3) is 5.56 Å². The van der Waals surface area contributed by atoms with Crippen molar-refractivity contribution >= 4 is 11.2 Å². The predicted molar refractivity (Wildman–Crippen MR) is 68.4 cm³/mol. The molecule has 0 saturated heterocycles. The van der Waals surface area contributed by atoms with Gasteiger partial charge in [-0.15, -0.1) is 0 Å². The summed E-state index contributed by atoms with van der Waals surface area (Å²) in [6, 6.07) is 0. The van der Waals surface area contributed by atoms with E-state index in [1.165, 1.54) is 11.6 Å². The second kappa shape index (κ2) is 4.41. The molecule has 7 nitrogen and oxygen atoms in total. The van der Waals surface area contributed by atoms with Crippen molar-refractivity contribution in [1.82, 2.24) is 18.7 Å². The van der Waals surface area contributed by atoms with Gasteiger partial charge < -0.3 is 10.3 Å². The Morgan fingerprint density at radius 1 is 1.22 bits per heavy atom. The lowest BCUT2D eigenvalue weighted by Crippen LogP contribution is -2.37. The Morgan fingerprint density at radius 2 is 1.89 bits per heavy atom. The van der Waals surface area contributed by atoms with Crippen molar-refractivity contribution in [2.45, 2.75) is 26.4 Å². The molecule has 0 unspecified atom stereocenters. The van der Waals surface area contributed by atoms with Crippen molar-refractivity contribution in [1.29, 1.82) is 0 Å². The van der Waals surface area contributed by atoms with Gasteiger partial charge in [0.2, 0.25) is 0 Å². The summed E-state index contributed by atoms with van der Waals surface area (Å²) < 4.78 is 4.35. The minimum absolute atomic E-state index is 0.242. The number of rotatable bonds is 3. The molecule has 2 aromatic rings. The maximum Gasteiger partial charge on any atom is 0.332 e. The predicted octanol–water partition coefficient (Wildman–Crippen LogP) is -0.698. The molecular formula is C11H17N5O2. The van der Waals surface area contributed by atoms with Gasteiger partial charge in [0, 0.05) is 20.6 Å². The molecule has 0 atom stereocenters. The van der Waals surface area contributed by atoms with E-state index < -0.39 is 0 Å². The molecule has 0 aliphatic rings. The zero-order chi connectivity index (χ0) is 13.4. The topological polar surface area (TPSA) is 87.8 Å². The highest BCUT2D eigenvalue weighted by Crippen LogP contribution is 2.11. The number of nitrogens with zero attached hydrogens (tertiary/aromatic N) is 4. The van der Waals surface area contributed by atoms with Crippen LogP contribution in [-0.2, 0) is 27.2 Å². The van der Waals surface area contributed by atoms with Crippen LogP contribution >= 0.6 is 0 Å². The summed E-state index contributed by atoms with van der Waals surface area (Å²) in [7, 11) is 3.09. The van der Waals surface area contributed by atoms with Gasteiger partial charge in [0.1, 0.15) is 11.5 Å². The van der Waals surface area contributed by atoms with E-state index in [0.717, 1.165) is 11.0 Å². The Hall–Kier alpha value is -1.89. The molecule has 0 fully saturated rings. The van der Waals surface area contributed by atoms with E-state index in [1.807, 2.05) is 11.5 Å². The molecule has 0 aliphatic carbocycles. The SMILES string of the molecule is CCCn1c(CN)nc2c(=O)n(C)c(=O)n(C)c21. The van der Waals surface area contributed by atoms with E-state index in [1.54, 1.807) is 7.05 Å². The average Bonchev–Trinajstić information content (AvgIpc) is 2.73.